The molecule has 0 radical (unpaired) electrons. The van der Waals surface area contributed by atoms with Gasteiger partial charge in [-0.2, -0.15) is 0 Å². The maximum atomic E-state index is 13.0. The second-order valence-electron chi connectivity index (χ2n) is 5.15. The lowest BCUT2D eigenvalue weighted by Crippen LogP contribution is -2.36. The second-order valence-corrected chi connectivity index (χ2v) is 6.91. The van der Waals surface area contributed by atoms with Gasteiger partial charge in [-0.1, -0.05) is 12.8 Å². The van der Waals surface area contributed by atoms with Crippen LogP contribution in [0.1, 0.15) is 25.7 Å². The third-order valence-electron chi connectivity index (χ3n) is 3.68. The van der Waals surface area contributed by atoms with Gasteiger partial charge in [-0.05, 0) is 37.0 Å². The fraction of sp³-hybridized carbons (Fsp3) is 0.538. The van der Waals surface area contributed by atoms with Crippen molar-refractivity contribution in [2.75, 3.05) is 12.3 Å². The first-order valence-electron chi connectivity index (χ1n) is 6.63. The zero-order valence-electron chi connectivity index (χ0n) is 11.0. The first-order chi connectivity index (χ1) is 9.40. The Morgan fingerprint density at radius 2 is 2.05 bits per heavy atom. The summed E-state index contributed by atoms with van der Waals surface area (Å²) in [7, 11) is -3.73. The molecular weight excluding hydrogens is 283 g/mol. The van der Waals surface area contributed by atoms with E-state index in [1.807, 2.05) is 0 Å². The van der Waals surface area contributed by atoms with Crippen molar-refractivity contribution in [1.82, 2.24) is 4.72 Å². The van der Waals surface area contributed by atoms with Crippen LogP contribution in [0.5, 0.6) is 0 Å². The summed E-state index contributed by atoms with van der Waals surface area (Å²) < 4.78 is 39.6. The molecule has 0 amide bonds. The first-order valence-corrected chi connectivity index (χ1v) is 8.11. The summed E-state index contributed by atoms with van der Waals surface area (Å²) in [6.45, 7) is 0.181. The first kappa shape index (κ1) is 15.2. The molecule has 1 aromatic carbocycles. The highest BCUT2D eigenvalue weighted by Crippen LogP contribution is 2.24. The van der Waals surface area contributed by atoms with Crippen LogP contribution in [0, 0.1) is 11.7 Å². The molecule has 1 aromatic rings. The number of nitrogens with one attached hydrogen (secondary N) is 1. The molecule has 0 aliphatic heterocycles. The predicted molar refractivity (Wildman–Crippen MR) is 74.0 cm³/mol. The Bertz CT molecular complexity index is 577. The van der Waals surface area contributed by atoms with Crippen LogP contribution < -0.4 is 10.5 Å². The number of hydrogen-bond donors (Lipinski definition) is 3. The van der Waals surface area contributed by atoms with E-state index in [0.29, 0.717) is 6.42 Å². The summed E-state index contributed by atoms with van der Waals surface area (Å²) in [5.74, 6) is -0.719. The lowest BCUT2D eigenvalue weighted by Gasteiger charge is -2.27. The molecule has 2 unspecified atom stereocenters. The Labute approximate surface area is 118 Å². The summed E-state index contributed by atoms with van der Waals surface area (Å²) >= 11 is 0. The summed E-state index contributed by atoms with van der Waals surface area (Å²) in [5, 5.41) is 9.81. The molecule has 0 aromatic heterocycles. The second kappa shape index (κ2) is 6.07. The van der Waals surface area contributed by atoms with Gasteiger partial charge < -0.3 is 10.8 Å². The molecule has 0 bridgehead atoms. The highest BCUT2D eigenvalue weighted by Gasteiger charge is 2.25. The largest absolute Gasteiger partial charge is 0.396 e. The highest BCUT2D eigenvalue weighted by atomic mass is 32.2. The Morgan fingerprint density at radius 3 is 2.70 bits per heavy atom. The maximum absolute atomic E-state index is 13.0. The van der Waals surface area contributed by atoms with E-state index in [1.165, 1.54) is 6.07 Å². The van der Waals surface area contributed by atoms with Crippen molar-refractivity contribution in [3.63, 3.8) is 0 Å². The standard InChI is InChI=1S/C13H19FN2O3S/c14-11-6-5-10(7-12(11)15)20(18,19)16-8-9-3-1-2-4-13(9)17/h5-7,9,13,16-17H,1-4,8,15H2. The van der Waals surface area contributed by atoms with Gasteiger partial charge in [0.15, 0.2) is 0 Å². The number of hydrogen-bond acceptors (Lipinski definition) is 4. The number of sulfonamides is 1. The molecule has 0 heterocycles. The van der Waals surface area contributed by atoms with E-state index in [0.717, 1.165) is 31.4 Å². The third kappa shape index (κ3) is 3.47. The van der Waals surface area contributed by atoms with E-state index in [2.05, 4.69) is 4.72 Å². The zero-order chi connectivity index (χ0) is 14.8. The number of rotatable bonds is 4. The molecule has 20 heavy (non-hydrogen) atoms. The van der Waals surface area contributed by atoms with Crippen molar-refractivity contribution in [2.24, 2.45) is 5.92 Å². The lowest BCUT2D eigenvalue weighted by atomic mass is 9.87. The molecule has 0 spiro atoms. The molecular formula is C13H19FN2O3S. The molecule has 2 rings (SSSR count). The summed E-state index contributed by atoms with van der Waals surface area (Å²) in [4.78, 5) is -0.0679. The number of nitrogens with two attached hydrogens (primary N) is 1. The third-order valence-corrected chi connectivity index (χ3v) is 5.10. The van der Waals surface area contributed by atoms with E-state index in [9.17, 15) is 17.9 Å². The van der Waals surface area contributed by atoms with Gasteiger partial charge in [0.2, 0.25) is 10.0 Å². The molecule has 1 aliphatic carbocycles. The molecule has 112 valence electrons. The van der Waals surface area contributed by atoms with E-state index in [4.69, 9.17) is 5.73 Å². The van der Waals surface area contributed by atoms with Crippen LogP contribution in [0.25, 0.3) is 0 Å². The minimum atomic E-state index is -3.73. The normalized spacial score (nSPS) is 23.7. The van der Waals surface area contributed by atoms with Crippen molar-refractivity contribution in [3.05, 3.63) is 24.0 Å². The summed E-state index contributed by atoms with van der Waals surface area (Å²) in [5.41, 5.74) is 5.17. The van der Waals surface area contributed by atoms with Gasteiger partial charge in [0.05, 0.1) is 16.7 Å². The number of benzene rings is 1. The predicted octanol–water partition coefficient (Wildman–Crippen LogP) is 1.24. The van der Waals surface area contributed by atoms with Crippen LogP contribution in [0.15, 0.2) is 23.1 Å². The van der Waals surface area contributed by atoms with Crippen LogP contribution in [-0.4, -0.2) is 26.2 Å². The zero-order valence-corrected chi connectivity index (χ0v) is 11.9. The lowest BCUT2D eigenvalue weighted by molar-refractivity contribution is 0.0724. The van der Waals surface area contributed by atoms with E-state index in [-0.39, 0.29) is 23.0 Å². The molecule has 4 N–H and O–H groups in total. The molecule has 1 aliphatic rings. The topological polar surface area (TPSA) is 92.4 Å². The van der Waals surface area contributed by atoms with Crippen molar-refractivity contribution in [2.45, 2.75) is 36.7 Å². The van der Waals surface area contributed by atoms with Crippen LogP contribution in [0.2, 0.25) is 0 Å². The Balaban J connectivity index is 2.05. The molecule has 1 saturated carbocycles. The number of halogens is 1. The summed E-state index contributed by atoms with van der Waals surface area (Å²) in [6.07, 6.45) is 3.00. The monoisotopic (exact) mass is 302 g/mol. The van der Waals surface area contributed by atoms with Crippen molar-refractivity contribution in [1.29, 1.82) is 0 Å². The minimum Gasteiger partial charge on any atom is -0.396 e. The number of aliphatic hydroxyl groups is 1. The van der Waals surface area contributed by atoms with Crippen LogP contribution in [0.3, 0.4) is 0 Å². The van der Waals surface area contributed by atoms with Crippen LogP contribution >= 0.6 is 0 Å². The van der Waals surface area contributed by atoms with Crippen LogP contribution in [0.4, 0.5) is 10.1 Å². The Morgan fingerprint density at radius 1 is 1.35 bits per heavy atom. The minimum absolute atomic E-state index is 0.0679. The number of nitrogen functional groups attached to an aromatic ring is 1. The molecule has 0 saturated heterocycles. The van der Waals surface area contributed by atoms with Gasteiger partial charge in [-0.3, -0.25) is 0 Å². The number of anilines is 1. The van der Waals surface area contributed by atoms with Gasteiger partial charge >= 0.3 is 0 Å². The average molecular weight is 302 g/mol. The summed E-state index contributed by atoms with van der Waals surface area (Å²) in [6, 6.07) is 3.29. The fourth-order valence-corrected chi connectivity index (χ4v) is 3.54. The quantitative estimate of drug-likeness (QED) is 0.730. The van der Waals surface area contributed by atoms with Gasteiger partial charge in [-0.25, -0.2) is 17.5 Å². The van der Waals surface area contributed by atoms with Crippen LogP contribution in [-0.2, 0) is 10.0 Å². The molecule has 1 fully saturated rings. The van der Waals surface area contributed by atoms with Gasteiger partial charge in [0, 0.05) is 6.54 Å². The van der Waals surface area contributed by atoms with E-state index >= 15 is 0 Å². The fourth-order valence-electron chi connectivity index (χ4n) is 2.42. The highest BCUT2D eigenvalue weighted by molar-refractivity contribution is 7.89. The molecule has 7 heteroatoms. The smallest absolute Gasteiger partial charge is 0.240 e. The Hall–Kier alpha value is -1.18. The maximum Gasteiger partial charge on any atom is 0.240 e. The average Bonchev–Trinajstić information content (AvgIpc) is 2.41. The van der Waals surface area contributed by atoms with Gasteiger partial charge in [-0.15, -0.1) is 0 Å². The van der Waals surface area contributed by atoms with E-state index in [1.54, 1.807) is 0 Å². The van der Waals surface area contributed by atoms with Crippen molar-refractivity contribution < 1.29 is 17.9 Å². The van der Waals surface area contributed by atoms with E-state index < -0.39 is 21.9 Å². The van der Waals surface area contributed by atoms with Gasteiger partial charge in [0.1, 0.15) is 5.82 Å². The van der Waals surface area contributed by atoms with Crippen molar-refractivity contribution >= 4 is 15.7 Å². The number of aliphatic hydroxyl groups excluding tert-OH is 1. The molecule has 2 atom stereocenters. The Kier molecular flexibility index (Phi) is 4.62. The SMILES string of the molecule is Nc1cc(S(=O)(=O)NCC2CCCCC2O)ccc1F. The van der Waals surface area contributed by atoms with Gasteiger partial charge in [0.25, 0.3) is 0 Å². The molecule has 5 nitrogen and oxygen atoms in total. The van der Waals surface area contributed by atoms with Crippen molar-refractivity contribution in [3.8, 4) is 0 Å².